The van der Waals surface area contributed by atoms with E-state index in [0.717, 1.165) is 27.8 Å². The van der Waals surface area contributed by atoms with Crippen molar-refractivity contribution < 1.29 is 4.79 Å². The lowest BCUT2D eigenvalue weighted by Gasteiger charge is -2.36. The van der Waals surface area contributed by atoms with Gasteiger partial charge in [-0.05, 0) is 52.0 Å². The molecular formula is C25H18O. The molecule has 2 aliphatic rings. The molecule has 0 amide bonds. The molecule has 0 fully saturated rings. The van der Waals surface area contributed by atoms with Gasteiger partial charge in [-0.25, -0.2) is 0 Å². The molecule has 0 heterocycles. The fourth-order valence-corrected chi connectivity index (χ4v) is 4.67. The Morgan fingerprint density at radius 3 is 2.15 bits per heavy atom. The average molecular weight is 334 g/mol. The Morgan fingerprint density at radius 2 is 1.35 bits per heavy atom. The molecule has 0 radical (unpaired) electrons. The predicted octanol–water partition coefficient (Wildman–Crippen LogP) is 5.51. The summed E-state index contributed by atoms with van der Waals surface area (Å²) in [6.07, 6.45) is 3.70. The molecule has 5 rings (SSSR count). The maximum absolute atomic E-state index is 13.6. The van der Waals surface area contributed by atoms with Crippen LogP contribution in [0.15, 0.2) is 84.9 Å². The van der Waals surface area contributed by atoms with Gasteiger partial charge in [0.1, 0.15) is 5.41 Å². The van der Waals surface area contributed by atoms with Gasteiger partial charge in [0.25, 0.3) is 0 Å². The van der Waals surface area contributed by atoms with E-state index in [1.165, 1.54) is 11.1 Å². The van der Waals surface area contributed by atoms with Crippen molar-refractivity contribution in [2.45, 2.75) is 12.3 Å². The lowest BCUT2D eigenvalue weighted by molar-refractivity contribution is -0.116. The average Bonchev–Trinajstić information content (AvgIpc) is 2.96. The molecule has 26 heavy (non-hydrogen) atoms. The molecule has 3 aromatic rings. The monoisotopic (exact) mass is 334 g/mol. The van der Waals surface area contributed by atoms with Gasteiger partial charge in [-0.1, -0.05) is 84.9 Å². The van der Waals surface area contributed by atoms with E-state index in [-0.39, 0.29) is 5.78 Å². The van der Waals surface area contributed by atoms with Crippen molar-refractivity contribution in [1.82, 2.24) is 0 Å². The second-order valence-electron chi connectivity index (χ2n) is 6.95. The van der Waals surface area contributed by atoms with E-state index in [4.69, 9.17) is 0 Å². The Hall–Kier alpha value is -3.19. The van der Waals surface area contributed by atoms with Gasteiger partial charge in [-0.15, -0.1) is 0 Å². The Balaban J connectivity index is 1.95. The van der Waals surface area contributed by atoms with E-state index < -0.39 is 5.41 Å². The number of allylic oxidation sites excluding steroid dienone is 3. The summed E-state index contributed by atoms with van der Waals surface area (Å²) in [4.78, 5) is 13.6. The summed E-state index contributed by atoms with van der Waals surface area (Å²) < 4.78 is 0. The van der Waals surface area contributed by atoms with Crippen molar-refractivity contribution in [2.24, 2.45) is 0 Å². The molecule has 1 nitrogen and oxygen atoms in total. The van der Waals surface area contributed by atoms with Crippen molar-refractivity contribution in [3.05, 3.63) is 113 Å². The van der Waals surface area contributed by atoms with Crippen LogP contribution in [0, 0.1) is 0 Å². The van der Waals surface area contributed by atoms with Gasteiger partial charge < -0.3 is 0 Å². The molecule has 0 saturated heterocycles. The number of hydrogen-bond donors (Lipinski definition) is 0. The van der Waals surface area contributed by atoms with E-state index >= 15 is 0 Å². The van der Waals surface area contributed by atoms with E-state index in [2.05, 4.69) is 49.4 Å². The first-order valence-electron chi connectivity index (χ1n) is 8.93. The van der Waals surface area contributed by atoms with Crippen LogP contribution < -0.4 is 0 Å². The summed E-state index contributed by atoms with van der Waals surface area (Å²) >= 11 is 0. The second-order valence-corrected chi connectivity index (χ2v) is 6.95. The predicted molar refractivity (Wildman–Crippen MR) is 107 cm³/mol. The number of hydrogen-bond acceptors (Lipinski definition) is 1. The number of benzene rings is 3. The van der Waals surface area contributed by atoms with Gasteiger partial charge in [0.15, 0.2) is 5.78 Å². The minimum absolute atomic E-state index is 0.138. The van der Waals surface area contributed by atoms with Crippen LogP contribution in [0.4, 0.5) is 0 Å². The maximum Gasteiger partial charge on any atom is 0.175 e. The van der Waals surface area contributed by atoms with Crippen molar-refractivity contribution in [1.29, 1.82) is 0 Å². The van der Waals surface area contributed by atoms with Crippen LogP contribution in [-0.2, 0) is 10.2 Å². The smallest absolute Gasteiger partial charge is 0.175 e. The third-order valence-electron chi connectivity index (χ3n) is 5.70. The number of carbonyl (C=O) groups is 1. The van der Waals surface area contributed by atoms with Crippen molar-refractivity contribution in [3.63, 3.8) is 0 Å². The number of rotatable bonds is 1. The highest BCUT2D eigenvalue weighted by molar-refractivity contribution is 6.22. The Bertz CT molecular complexity index is 1100. The fourth-order valence-electron chi connectivity index (χ4n) is 4.67. The van der Waals surface area contributed by atoms with Gasteiger partial charge in [0, 0.05) is 0 Å². The zero-order valence-corrected chi connectivity index (χ0v) is 14.6. The normalized spacial score (nSPS) is 20.4. The molecule has 1 spiro atoms. The molecule has 0 bridgehead atoms. The van der Waals surface area contributed by atoms with E-state index in [9.17, 15) is 4.79 Å². The summed E-state index contributed by atoms with van der Waals surface area (Å²) in [5.74, 6) is 0.138. The second kappa shape index (κ2) is 5.40. The first kappa shape index (κ1) is 15.1. The van der Waals surface area contributed by atoms with Crippen LogP contribution >= 0.6 is 0 Å². The molecule has 0 unspecified atom stereocenters. The minimum Gasteiger partial charge on any atom is -0.293 e. The Kier molecular flexibility index (Phi) is 3.14. The van der Waals surface area contributed by atoms with Gasteiger partial charge >= 0.3 is 0 Å². The molecule has 1 atom stereocenters. The van der Waals surface area contributed by atoms with Crippen LogP contribution in [-0.4, -0.2) is 5.78 Å². The number of carbonyl (C=O) groups excluding carboxylic acids is 1. The minimum atomic E-state index is -0.757. The third kappa shape index (κ3) is 1.78. The zero-order valence-electron chi connectivity index (χ0n) is 14.6. The maximum atomic E-state index is 13.6. The van der Waals surface area contributed by atoms with Crippen LogP contribution in [0.5, 0.6) is 0 Å². The summed E-state index contributed by atoms with van der Waals surface area (Å²) in [5.41, 5.74) is 7.11. The van der Waals surface area contributed by atoms with Crippen LogP contribution in [0.1, 0.15) is 34.7 Å². The highest BCUT2D eigenvalue weighted by Crippen LogP contribution is 2.57. The fraction of sp³-hybridized carbons (Fsp3) is 0.0800. The van der Waals surface area contributed by atoms with Crippen molar-refractivity contribution in [2.75, 3.05) is 0 Å². The molecule has 124 valence electrons. The summed E-state index contributed by atoms with van der Waals surface area (Å²) in [5, 5.41) is 0. The van der Waals surface area contributed by atoms with Gasteiger partial charge in [0.2, 0.25) is 0 Å². The van der Waals surface area contributed by atoms with Crippen LogP contribution in [0.2, 0.25) is 0 Å². The summed E-state index contributed by atoms with van der Waals surface area (Å²) in [6.45, 7) is 2.14. The largest absolute Gasteiger partial charge is 0.293 e. The Morgan fingerprint density at radius 1 is 0.692 bits per heavy atom. The van der Waals surface area contributed by atoms with E-state index in [1.54, 1.807) is 6.08 Å². The van der Waals surface area contributed by atoms with Crippen molar-refractivity contribution in [3.8, 4) is 0 Å². The molecule has 1 heteroatoms. The zero-order chi connectivity index (χ0) is 17.7. The summed E-state index contributed by atoms with van der Waals surface area (Å²) in [6, 6.07) is 26.9. The molecule has 0 N–H and O–H groups in total. The van der Waals surface area contributed by atoms with E-state index in [1.807, 2.05) is 42.5 Å². The van der Waals surface area contributed by atoms with Crippen LogP contribution in [0.3, 0.4) is 0 Å². The SMILES string of the molecule is CC1=C(c2ccccc2)[C@]2(C(=O)C=Cc3ccccc32)c2ccccc21. The first-order valence-corrected chi connectivity index (χ1v) is 8.93. The molecule has 2 aliphatic carbocycles. The Labute approximate surface area is 153 Å². The lowest BCUT2D eigenvalue weighted by atomic mass is 9.63. The van der Waals surface area contributed by atoms with Gasteiger partial charge in [-0.3, -0.25) is 4.79 Å². The molecule has 0 aliphatic heterocycles. The van der Waals surface area contributed by atoms with Crippen LogP contribution in [0.25, 0.3) is 17.2 Å². The highest BCUT2D eigenvalue weighted by Gasteiger charge is 2.52. The third-order valence-corrected chi connectivity index (χ3v) is 5.70. The van der Waals surface area contributed by atoms with Gasteiger partial charge in [-0.2, -0.15) is 0 Å². The number of fused-ring (bicyclic) bond motifs is 4. The topological polar surface area (TPSA) is 17.1 Å². The van der Waals surface area contributed by atoms with Crippen molar-refractivity contribution >= 4 is 23.0 Å². The molecular weight excluding hydrogens is 316 g/mol. The summed E-state index contributed by atoms with van der Waals surface area (Å²) in [7, 11) is 0. The molecule has 0 aromatic heterocycles. The standard InChI is InChI=1S/C25H18O/c1-17-20-12-6-8-14-22(20)25(24(17)19-10-3-2-4-11-19)21-13-7-5-9-18(21)15-16-23(25)26/h2-16H,1H3/t25-/m0/s1. The molecule has 3 aromatic carbocycles. The molecule has 0 saturated carbocycles. The lowest BCUT2D eigenvalue weighted by Crippen LogP contribution is -2.38. The highest BCUT2D eigenvalue weighted by atomic mass is 16.1. The number of ketones is 1. The first-order chi connectivity index (χ1) is 12.7. The van der Waals surface area contributed by atoms with Gasteiger partial charge in [0.05, 0.1) is 0 Å². The van der Waals surface area contributed by atoms with E-state index in [0.29, 0.717) is 0 Å². The quantitative estimate of drug-likeness (QED) is 0.573.